The van der Waals surface area contributed by atoms with Crippen molar-refractivity contribution in [3.63, 3.8) is 0 Å². The molecule has 0 aliphatic heterocycles. The van der Waals surface area contributed by atoms with Gasteiger partial charge in [-0.25, -0.2) is 4.39 Å². The number of hydrogen-bond donors (Lipinski definition) is 1. The van der Waals surface area contributed by atoms with Crippen LogP contribution in [0.15, 0.2) is 24.0 Å². The van der Waals surface area contributed by atoms with Gasteiger partial charge in [0.15, 0.2) is 6.10 Å². The first-order valence-electron chi connectivity index (χ1n) is 5.53. The van der Waals surface area contributed by atoms with Gasteiger partial charge in [0.05, 0.1) is 12.1 Å². The summed E-state index contributed by atoms with van der Waals surface area (Å²) in [5.41, 5.74) is 0. The van der Waals surface area contributed by atoms with Crippen LogP contribution in [0.3, 0.4) is 0 Å². The second-order valence-corrected chi connectivity index (χ2v) is 4.62. The van der Waals surface area contributed by atoms with Gasteiger partial charge in [-0.1, -0.05) is 23.4 Å². The van der Waals surface area contributed by atoms with E-state index in [1.54, 1.807) is 13.8 Å². The van der Waals surface area contributed by atoms with Crippen LogP contribution < -0.4 is 5.32 Å². The lowest BCUT2D eigenvalue weighted by Gasteiger charge is -2.29. The molecular weight excluding hydrogens is 253 g/mol. The van der Waals surface area contributed by atoms with Gasteiger partial charge in [-0.15, -0.1) is 12.8 Å². The minimum Gasteiger partial charge on any atom is -0.478 e. The minimum atomic E-state index is -2.03. The zero-order chi connectivity index (χ0) is 13.8. The number of alkyl halides is 2. The average Bonchev–Trinajstić information content (AvgIpc) is 2.33. The van der Waals surface area contributed by atoms with E-state index >= 15 is 0 Å². The minimum absolute atomic E-state index is 0.307. The molecule has 1 N–H and O–H groups in total. The van der Waals surface area contributed by atoms with E-state index in [1.165, 1.54) is 18.2 Å². The standard InChI is InChI=1S/C14H15ClFNO/c1-5-10(3)17-13-9-12(18-11(4)6-2)7-8-14(13,15)16/h1-2,7-11,13,17H,3-4H3. The van der Waals surface area contributed by atoms with Crippen molar-refractivity contribution >= 4 is 11.6 Å². The highest BCUT2D eigenvalue weighted by atomic mass is 35.5. The Morgan fingerprint density at radius 2 is 2.17 bits per heavy atom. The van der Waals surface area contributed by atoms with Crippen molar-refractivity contribution in [2.24, 2.45) is 0 Å². The summed E-state index contributed by atoms with van der Waals surface area (Å²) in [6, 6.07) is -1.08. The fourth-order valence-corrected chi connectivity index (χ4v) is 1.61. The summed E-state index contributed by atoms with van der Waals surface area (Å²) in [6.07, 6.45) is 14.3. The zero-order valence-corrected chi connectivity index (χ0v) is 11.0. The van der Waals surface area contributed by atoms with E-state index < -0.39 is 17.3 Å². The first-order chi connectivity index (χ1) is 8.39. The fraction of sp³-hybridized carbons (Fsp3) is 0.429. The van der Waals surface area contributed by atoms with Crippen molar-refractivity contribution in [1.82, 2.24) is 5.32 Å². The molecule has 4 unspecified atom stereocenters. The Morgan fingerprint density at radius 3 is 2.72 bits per heavy atom. The quantitative estimate of drug-likeness (QED) is 0.624. The molecule has 0 bridgehead atoms. The predicted octanol–water partition coefficient (Wildman–Crippen LogP) is 2.36. The first kappa shape index (κ1) is 14.6. The highest BCUT2D eigenvalue weighted by molar-refractivity contribution is 6.25. The van der Waals surface area contributed by atoms with Crippen LogP contribution in [-0.2, 0) is 4.74 Å². The maximum absolute atomic E-state index is 14.0. The number of hydrogen-bond acceptors (Lipinski definition) is 2. The van der Waals surface area contributed by atoms with Crippen LogP contribution in [0, 0.1) is 24.7 Å². The lowest BCUT2D eigenvalue weighted by molar-refractivity contribution is 0.178. The molecule has 1 aliphatic carbocycles. The summed E-state index contributed by atoms with van der Waals surface area (Å²) in [4.78, 5) is 0. The fourth-order valence-electron chi connectivity index (χ4n) is 1.42. The van der Waals surface area contributed by atoms with E-state index in [1.807, 2.05) is 0 Å². The van der Waals surface area contributed by atoms with Gasteiger partial charge >= 0.3 is 0 Å². The first-order valence-corrected chi connectivity index (χ1v) is 5.90. The van der Waals surface area contributed by atoms with Crippen molar-refractivity contribution in [3.05, 3.63) is 24.0 Å². The molecule has 0 spiro atoms. The zero-order valence-electron chi connectivity index (χ0n) is 10.3. The number of halogens is 2. The number of nitrogens with one attached hydrogen (secondary N) is 1. The van der Waals surface area contributed by atoms with E-state index in [2.05, 4.69) is 17.2 Å². The summed E-state index contributed by atoms with van der Waals surface area (Å²) in [7, 11) is 0. The number of ether oxygens (including phenoxy) is 1. The van der Waals surface area contributed by atoms with Gasteiger partial charge in [-0.3, -0.25) is 5.32 Å². The van der Waals surface area contributed by atoms with E-state index in [0.29, 0.717) is 5.76 Å². The van der Waals surface area contributed by atoms with Crippen LogP contribution in [0.25, 0.3) is 0 Å². The van der Waals surface area contributed by atoms with E-state index in [-0.39, 0.29) is 6.04 Å². The van der Waals surface area contributed by atoms with E-state index in [9.17, 15) is 4.39 Å². The molecule has 0 saturated heterocycles. The molecule has 4 heteroatoms. The summed E-state index contributed by atoms with van der Waals surface area (Å²) in [5.74, 6) is 5.35. The topological polar surface area (TPSA) is 21.3 Å². The molecule has 0 aromatic heterocycles. The van der Waals surface area contributed by atoms with Crippen molar-refractivity contribution in [2.75, 3.05) is 0 Å². The third-order valence-electron chi connectivity index (χ3n) is 2.44. The van der Waals surface area contributed by atoms with Crippen LogP contribution in [0.2, 0.25) is 0 Å². The van der Waals surface area contributed by atoms with Crippen molar-refractivity contribution in [2.45, 2.75) is 37.2 Å². The van der Waals surface area contributed by atoms with Gasteiger partial charge in [-0.05, 0) is 32.1 Å². The van der Waals surface area contributed by atoms with Crippen LogP contribution in [0.5, 0.6) is 0 Å². The average molecular weight is 268 g/mol. The Hall–Kier alpha value is -1.42. The Kier molecular flexibility index (Phi) is 4.84. The number of rotatable bonds is 4. The van der Waals surface area contributed by atoms with Gasteiger partial charge in [0.25, 0.3) is 0 Å². The molecule has 4 atom stereocenters. The maximum Gasteiger partial charge on any atom is 0.221 e. The molecule has 0 aromatic carbocycles. The lowest BCUT2D eigenvalue weighted by atomic mass is 10.0. The van der Waals surface area contributed by atoms with Crippen molar-refractivity contribution < 1.29 is 9.13 Å². The molecule has 1 rings (SSSR count). The molecule has 18 heavy (non-hydrogen) atoms. The second-order valence-electron chi connectivity index (χ2n) is 4.04. The number of terminal acetylenes is 2. The molecule has 0 amide bonds. The van der Waals surface area contributed by atoms with Crippen LogP contribution in [0.1, 0.15) is 13.8 Å². The molecule has 0 fully saturated rings. The third-order valence-corrected chi connectivity index (χ3v) is 2.80. The predicted molar refractivity (Wildman–Crippen MR) is 71.5 cm³/mol. The van der Waals surface area contributed by atoms with Crippen LogP contribution >= 0.6 is 11.6 Å². The van der Waals surface area contributed by atoms with Gasteiger partial charge in [0.2, 0.25) is 5.13 Å². The molecule has 1 aliphatic rings. The molecular formula is C14H15ClFNO. The van der Waals surface area contributed by atoms with Gasteiger partial charge in [-0.2, -0.15) is 0 Å². The van der Waals surface area contributed by atoms with Crippen LogP contribution in [0.4, 0.5) is 4.39 Å². The SMILES string of the molecule is C#CC(C)NC1C=C(OC(C)C#C)C=CC1(F)Cl. The summed E-state index contributed by atoms with van der Waals surface area (Å²) in [5, 5.41) is 0.847. The molecule has 0 radical (unpaired) electrons. The smallest absolute Gasteiger partial charge is 0.221 e. The molecule has 0 heterocycles. The van der Waals surface area contributed by atoms with E-state index in [0.717, 1.165) is 0 Å². The summed E-state index contributed by atoms with van der Waals surface area (Å²) in [6.45, 7) is 3.46. The molecule has 0 saturated carbocycles. The Bertz CT molecular complexity index is 442. The Balaban J connectivity index is 2.82. The van der Waals surface area contributed by atoms with Crippen molar-refractivity contribution in [1.29, 1.82) is 0 Å². The Morgan fingerprint density at radius 1 is 1.50 bits per heavy atom. The summed E-state index contributed by atoms with van der Waals surface area (Å²) < 4.78 is 19.4. The third kappa shape index (κ3) is 3.81. The van der Waals surface area contributed by atoms with Gasteiger partial charge in [0.1, 0.15) is 5.76 Å². The maximum atomic E-state index is 14.0. The number of allylic oxidation sites excluding steroid dienone is 1. The Labute approximate surface area is 112 Å². The van der Waals surface area contributed by atoms with E-state index in [4.69, 9.17) is 29.2 Å². The van der Waals surface area contributed by atoms with Crippen molar-refractivity contribution in [3.8, 4) is 24.7 Å². The van der Waals surface area contributed by atoms with Gasteiger partial charge in [0, 0.05) is 0 Å². The largest absolute Gasteiger partial charge is 0.478 e. The molecule has 0 aromatic rings. The van der Waals surface area contributed by atoms with Crippen LogP contribution in [-0.4, -0.2) is 23.3 Å². The monoisotopic (exact) mass is 267 g/mol. The normalized spacial score (nSPS) is 29.7. The lowest BCUT2D eigenvalue weighted by Crippen LogP contribution is -2.46. The second kappa shape index (κ2) is 5.96. The summed E-state index contributed by atoms with van der Waals surface area (Å²) >= 11 is 5.75. The highest BCUT2D eigenvalue weighted by Crippen LogP contribution is 2.30. The molecule has 96 valence electrons. The highest BCUT2D eigenvalue weighted by Gasteiger charge is 2.36. The van der Waals surface area contributed by atoms with Gasteiger partial charge < -0.3 is 4.74 Å². The molecule has 2 nitrogen and oxygen atoms in total.